The van der Waals surface area contributed by atoms with E-state index in [1.807, 2.05) is 14.1 Å². The molecule has 0 spiro atoms. The molecule has 158 valence electrons. The van der Waals surface area contributed by atoms with E-state index >= 15 is 0 Å². The number of nitrogens with one attached hydrogen (secondary N) is 2. The summed E-state index contributed by atoms with van der Waals surface area (Å²) in [7, 11) is 3.68. The quantitative estimate of drug-likeness (QED) is 0.249. The van der Waals surface area contributed by atoms with Gasteiger partial charge < -0.3 is 15.5 Å². The first-order valence-electron chi connectivity index (χ1n) is 10.0. The summed E-state index contributed by atoms with van der Waals surface area (Å²) in [6.45, 7) is 8.49. The van der Waals surface area contributed by atoms with Crippen LogP contribution in [0.3, 0.4) is 0 Å². The Hall–Kier alpha value is -1.35. The van der Waals surface area contributed by atoms with Crippen molar-refractivity contribution in [3.8, 4) is 0 Å². The zero-order valence-corrected chi connectivity index (χ0v) is 20.0. The van der Waals surface area contributed by atoms with Gasteiger partial charge in [0, 0.05) is 33.7 Å². The molecule has 0 aliphatic carbocycles. The number of carbonyl (C=O) groups excluding carboxylic acids is 1. The highest BCUT2D eigenvalue weighted by molar-refractivity contribution is 14.0. The van der Waals surface area contributed by atoms with Crippen LogP contribution in [0, 0.1) is 6.92 Å². The van der Waals surface area contributed by atoms with Gasteiger partial charge in [0.15, 0.2) is 5.96 Å². The van der Waals surface area contributed by atoms with Gasteiger partial charge in [-0.3, -0.25) is 9.69 Å². The number of nitrogens with zero attached hydrogens (tertiary/aromatic N) is 3. The zero-order valence-electron chi connectivity index (χ0n) is 17.7. The number of amides is 1. The number of hydrogen-bond acceptors (Lipinski definition) is 3. The normalized spacial score (nSPS) is 17.1. The average Bonchev–Trinajstić information content (AvgIpc) is 3.10. The van der Waals surface area contributed by atoms with Crippen molar-refractivity contribution in [2.45, 2.75) is 45.7 Å². The Balaban J connectivity index is 0.00000392. The van der Waals surface area contributed by atoms with Crippen LogP contribution in [0.5, 0.6) is 0 Å². The van der Waals surface area contributed by atoms with Gasteiger partial charge >= 0.3 is 0 Å². The summed E-state index contributed by atoms with van der Waals surface area (Å²) in [6, 6.07) is 8.51. The van der Waals surface area contributed by atoms with Gasteiger partial charge in [-0.25, -0.2) is 4.99 Å². The molecular weight excluding hydrogens is 465 g/mol. The van der Waals surface area contributed by atoms with Gasteiger partial charge in [-0.15, -0.1) is 24.0 Å². The lowest BCUT2D eigenvalue weighted by Crippen LogP contribution is -2.44. The maximum Gasteiger partial charge on any atom is 0.239 e. The minimum absolute atomic E-state index is 0. The lowest BCUT2D eigenvalue weighted by Gasteiger charge is -2.26. The van der Waals surface area contributed by atoms with Crippen molar-refractivity contribution in [2.75, 3.05) is 40.3 Å². The molecule has 1 amide bonds. The molecule has 1 aromatic carbocycles. The molecular formula is C21H36IN5O. The summed E-state index contributed by atoms with van der Waals surface area (Å²) in [6.07, 6.45) is 3.08. The minimum atomic E-state index is 0. The van der Waals surface area contributed by atoms with Crippen LogP contribution in [-0.4, -0.2) is 68.0 Å². The fourth-order valence-electron chi connectivity index (χ4n) is 3.48. The number of likely N-dealkylation sites (N-methyl/N-ethyl adjacent to an activating group) is 1. The van der Waals surface area contributed by atoms with E-state index in [2.05, 4.69) is 58.6 Å². The Kier molecular flexibility index (Phi) is 11.4. The van der Waals surface area contributed by atoms with Crippen molar-refractivity contribution in [1.29, 1.82) is 0 Å². The number of aryl methyl sites for hydroxylation is 1. The second-order valence-corrected chi connectivity index (χ2v) is 7.39. The highest BCUT2D eigenvalue weighted by atomic mass is 127. The molecule has 1 atom stereocenters. The van der Waals surface area contributed by atoms with Crippen LogP contribution < -0.4 is 10.6 Å². The van der Waals surface area contributed by atoms with Gasteiger partial charge in [0.1, 0.15) is 0 Å². The van der Waals surface area contributed by atoms with Crippen molar-refractivity contribution < 1.29 is 4.79 Å². The highest BCUT2D eigenvalue weighted by Crippen LogP contribution is 2.18. The van der Waals surface area contributed by atoms with Crippen LogP contribution in [-0.2, 0) is 11.3 Å². The van der Waals surface area contributed by atoms with E-state index < -0.39 is 0 Å². The van der Waals surface area contributed by atoms with Gasteiger partial charge in [-0.1, -0.05) is 29.8 Å². The number of hydrogen-bond donors (Lipinski definition) is 2. The molecule has 1 aromatic rings. The standard InChI is InChI=1S/C21H35N5O.HI/c1-5-22-21(24-16-18-10-6-9-17(2)15-18)23-12-8-14-26-13-7-11-19(26)20(27)25(3)4;/h6,9-10,15,19H,5,7-8,11-14,16H2,1-4H3,(H2,22,23,24);1H. The Morgan fingerprint density at radius 1 is 1.32 bits per heavy atom. The number of aliphatic imine (C=N–C) groups is 1. The lowest BCUT2D eigenvalue weighted by atomic mass is 10.1. The molecule has 0 bridgehead atoms. The average molecular weight is 501 g/mol. The van der Waals surface area contributed by atoms with Crippen LogP contribution in [0.15, 0.2) is 29.3 Å². The summed E-state index contributed by atoms with van der Waals surface area (Å²) in [5.41, 5.74) is 2.47. The Labute approximate surface area is 187 Å². The van der Waals surface area contributed by atoms with Crippen molar-refractivity contribution in [3.05, 3.63) is 35.4 Å². The van der Waals surface area contributed by atoms with Crippen LogP contribution in [0.1, 0.15) is 37.3 Å². The number of rotatable bonds is 8. The molecule has 0 saturated carbocycles. The molecule has 28 heavy (non-hydrogen) atoms. The van der Waals surface area contributed by atoms with E-state index in [-0.39, 0.29) is 35.9 Å². The molecule has 6 nitrogen and oxygen atoms in total. The molecule has 1 aliphatic rings. The van der Waals surface area contributed by atoms with Gasteiger partial charge in [0.25, 0.3) is 0 Å². The molecule has 1 heterocycles. The molecule has 0 aromatic heterocycles. The van der Waals surface area contributed by atoms with Crippen LogP contribution >= 0.6 is 24.0 Å². The van der Waals surface area contributed by atoms with Crippen molar-refractivity contribution in [1.82, 2.24) is 20.4 Å². The minimum Gasteiger partial charge on any atom is -0.357 e. The number of likely N-dealkylation sites (tertiary alicyclic amines) is 1. The van der Waals surface area contributed by atoms with Crippen molar-refractivity contribution in [3.63, 3.8) is 0 Å². The first kappa shape index (κ1) is 24.7. The molecule has 2 N–H and O–H groups in total. The summed E-state index contributed by atoms with van der Waals surface area (Å²) in [5, 5.41) is 6.72. The topological polar surface area (TPSA) is 60.0 Å². The molecule has 1 fully saturated rings. The highest BCUT2D eigenvalue weighted by Gasteiger charge is 2.30. The van der Waals surface area contributed by atoms with E-state index in [4.69, 9.17) is 0 Å². The second-order valence-electron chi connectivity index (χ2n) is 7.39. The third kappa shape index (κ3) is 7.95. The van der Waals surface area contributed by atoms with E-state index in [0.29, 0.717) is 6.54 Å². The smallest absolute Gasteiger partial charge is 0.239 e. The molecule has 1 unspecified atom stereocenters. The summed E-state index contributed by atoms with van der Waals surface area (Å²) in [5.74, 6) is 1.08. The monoisotopic (exact) mass is 501 g/mol. The predicted molar refractivity (Wildman–Crippen MR) is 127 cm³/mol. The fraction of sp³-hybridized carbons (Fsp3) is 0.619. The summed E-state index contributed by atoms with van der Waals surface area (Å²) < 4.78 is 0. The van der Waals surface area contributed by atoms with Crippen molar-refractivity contribution >= 4 is 35.8 Å². The number of benzene rings is 1. The third-order valence-electron chi connectivity index (χ3n) is 4.85. The largest absolute Gasteiger partial charge is 0.357 e. The maximum atomic E-state index is 12.3. The number of guanidine groups is 1. The van der Waals surface area contributed by atoms with Gasteiger partial charge in [-0.2, -0.15) is 0 Å². The Morgan fingerprint density at radius 3 is 2.79 bits per heavy atom. The van der Waals surface area contributed by atoms with Gasteiger partial charge in [0.05, 0.1) is 12.6 Å². The fourth-order valence-corrected chi connectivity index (χ4v) is 3.48. The van der Waals surface area contributed by atoms with Gasteiger partial charge in [0.2, 0.25) is 5.91 Å². The molecule has 2 rings (SSSR count). The van der Waals surface area contributed by atoms with Crippen LogP contribution in [0.4, 0.5) is 0 Å². The summed E-state index contributed by atoms with van der Waals surface area (Å²) in [4.78, 5) is 21.0. The Bertz CT molecular complexity index is 635. The number of carbonyl (C=O) groups is 1. The van der Waals surface area contributed by atoms with Gasteiger partial charge in [-0.05, 0) is 45.2 Å². The van der Waals surface area contributed by atoms with Crippen LogP contribution in [0.2, 0.25) is 0 Å². The molecule has 7 heteroatoms. The zero-order chi connectivity index (χ0) is 19.6. The third-order valence-corrected chi connectivity index (χ3v) is 4.85. The first-order valence-corrected chi connectivity index (χ1v) is 10.0. The SMILES string of the molecule is CCNC(=NCc1cccc(C)c1)NCCCN1CCCC1C(=O)N(C)C.I. The molecule has 1 saturated heterocycles. The summed E-state index contributed by atoms with van der Waals surface area (Å²) >= 11 is 0. The van der Waals surface area contributed by atoms with E-state index in [1.54, 1.807) is 4.90 Å². The second kappa shape index (κ2) is 13.0. The first-order chi connectivity index (χ1) is 13.0. The molecule has 0 radical (unpaired) electrons. The van der Waals surface area contributed by atoms with E-state index in [9.17, 15) is 4.79 Å². The van der Waals surface area contributed by atoms with E-state index in [0.717, 1.165) is 51.4 Å². The predicted octanol–water partition coefficient (Wildman–Crippen LogP) is 2.61. The van der Waals surface area contributed by atoms with E-state index in [1.165, 1.54) is 11.1 Å². The van der Waals surface area contributed by atoms with Crippen LogP contribution in [0.25, 0.3) is 0 Å². The van der Waals surface area contributed by atoms with Crippen molar-refractivity contribution in [2.24, 2.45) is 4.99 Å². The lowest BCUT2D eigenvalue weighted by molar-refractivity contribution is -0.133. The Morgan fingerprint density at radius 2 is 2.11 bits per heavy atom. The molecule has 1 aliphatic heterocycles. The number of halogens is 1. The maximum absolute atomic E-state index is 12.3.